The monoisotopic (exact) mass is 529 g/mol. The molecule has 6 nitrogen and oxygen atoms in total. The fraction of sp³-hybridized carbons (Fsp3) is 0.345. The van der Waals surface area contributed by atoms with Gasteiger partial charge in [0.2, 0.25) is 6.29 Å². The number of para-hydroxylation sites is 1. The van der Waals surface area contributed by atoms with Gasteiger partial charge in [-0.3, -0.25) is 9.79 Å². The highest BCUT2D eigenvalue weighted by Crippen LogP contribution is 2.25. The van der Waals surface area contributed by atoms with Gasteiger partial charge in [0.05, 0.1) is 23.3 Å². The molecule has 1 saturated heterocycles. The van der Waals surface area contributed by atoms with Gasteiger partial charge in [-0.25, -0.2) is 4.98 Å². The zero-order valence-electron chi connectivity index (χ0n) is 23.0. The van der Waals surface area contributed by atoms with Crippen LogP contribution in [0.25, 0.3) is 16.6 Å². The molecule has 2 heterocycles. The second kappa shape index (κ2) is 16.1. The van der Waals surface area contributed by atoms with Gasteiger partial charge in [-0.1, -0.05) is 44.7 Å². The van der Waals surface area contributed by atoms with Crippen LogP contribution < -0.4 is 5.32 Å². The van der Waals surface area contributed by atoms with Gasteiger partial charge in [-0.05, 0) is 67.4 Å². The summed E-state index contributed by atoms with van der Waals surface area (Å²) in [5.74, 6) is 0.948. The number of imidazole rings is 1. The number of aldehydes is 1. The highest BCUT2D eigenvalue weighted by molar-refractivity contribution is 6.07. The molecule has 0 atom stereocenters. The third-order valence-electron chi connectivity index (χ3n) is 5.52. The molecular weight excluding hydrogens is 491 g/mol. The molecule has 1 aliphatic rings. The number of piperidine rings is 1. The average molecular weight is 530 g/mol. The molecule has 0 saturated carbocycles. The highest BCUT2D eigenvalue weighted by atomic mass is 19.4. The first-order valence-corrected chi connectivity index (χ1v) is 12.4. The lowest BCUT2D eigenvalue weighted by molar-refractivity contribution is -0.156. The molecule has 2 N–H and O–H groups in total. The lowest BCUT2D eigenvalue weighted by Gasteiger charge is -2.29. The van der Waals surface area contributed by atoms with Crippen LogP contribution in [0.2, 0.25) is 0 Å². The number of H-pyrrole nitrogens is 1. The number of hydrogen-bond acceptors (Lipinski definition) is 5. The molecule has 206 valence electrons. The average Bonchev–Trinajstić information content (AvgIpc) is 3.37. The first kappa shape index (κ1) is 32.1. The lowest BCUT2D eigenvalue weighted by Crippen LogP contribution is -2.33. The van der Waals surface area contributed by atoms with Crippen LogP contribution in [0.1, 0.15) is 38.6 Å². The van der Waals surface area contributed by atoms with Crippen molar-refractivity contribution in [1.29, 1.82) is 0 Å². The van der Waals surface area contributed by atoms with Crippen molar-refractivity contribution in [2.45, 2.75) is 40.3 Å². The summed E-state index contributed by atoms with van der Waals surface area (Å²) in [5.41, 5.74) is 8.12. The Morgan fingerprint density at radius 2 is 1.82 bits per heavy atom. The molecule has 1 aliphatic heterocycles. The van der Waals surface area contributed by atoms with Crippen molar-refractivity contribution in [3.8, 4) is 0 Å². The van der Waals surface area contributed by atoms with E-state index in [9.17, 15) is 13.2 Å². The zero-order chi connectivity index (χ0) is 28.7. The summed E-state index contributed by atoms with van der Waals surface area (Å²) in [7, 11) is 3.77. The minimum Gasteiger partial charge on any atom is -0.388 e. The van der Waals surface area contributed by atoms with Crippen LogP contribution in [0.3, 0.4) is 0 Å². The summed E-state index contributed by atoms with van der Waals surface area (Å²) in [6, 6.07) is 16.4. The molecule has 0 aliphatic carbocycles. The molecule has 9 heteroatoms. The quantitative estimate of drug-likeness (QED) is 0.356. The van der Waals surface area contributed by atoms with Gasteiger partial charge in [0.1, 0.15) is 5.82 Å². The van der Waals surface area contributed by atoms with E-state index in [0.29, 0.717) is 0 Å². The maximum Gasteiger partial charge on any atom is 0.446 e. The van der Waals surface area contributed by atoms with Crippen molar-refractivity contribution < 1.29 is 18.0 Å². The molecule has 2 aromatic carbocycles. The second-order valence-corrected chi connectivity index (χ2v) is 8.06. The number of aromatic nitrogens is 2. The number of hydrogen-bond donors (Lipinski definition) is 2. The second-order valence-electron chi connectivity index (χ2n) is 8.06. The Kier molecular flexibility index (Phi) is 13.6. The van der Waals surface area contributed by atoms with E-state index in [0.717, 1.165) is 47.8 Å². The molecule has 0 bridgehead atoms. The first-order chi connectivity index (χ1) is 18.1. The summed E-state index contributed by atoms with van der Waals surface area (Å²) < 4.78 is 31.2. The normalized spacial score (nSPS) is 15.2. The van der Waals surface area contributed by atoms with E-state index in [2.05, 4.69) is 58.8 Å². The third kappa shape index (κ3) is 10.2. The van der Waals surface area contributed by atoms with E-state index in [1.54, 1.807) is 0 Å². The minimum atomic E-state index is -4.64. The number of benzene rings is 2. The first-order valence-electron chi connectivity index (χ1n) is 12.4. The topological polar surface area (TPSA) is 73.4 Å². The number of aliphatic imine (C=N–C) groups is 1. The number of carbonyl (C=O) groups is 1. The zero-order valence-corrected chi connectivity index (χ0v) is 23.0. The van der Waals surface area contributed by atoms with Gasteiger partial charge in [0.25, 0.3) is 0 Å². The number of aromatic amines is 1. The Bertz CT molecular complexity index is 1210. The third-order valence-corrected chi connectivity index (χ3v) is 5.52. The SMILES string of the molecule is C=CN1CC/C(=C(/C)c2nc3ccc(C)cc3[nH]2)C(=NC)C1.CC.CNc1ccccc1.O=CC(F)(F)F. The van der Waals surface area contributed by atoms with E-state index < -0.39 is 12.5 Å². The minimum absolute atomic E-state index is 0.825. The number of aryl methyl sites for hydroxylation is 1. The van der Waals surface area contributed by atoms with Gasteiger partial charge in [0.15, 0.2) is 0 Å². The molecule has 3 aromatic rings. The number of halogens is 3. The number of nitrogens with zero attached hydrogens (tertiary/aromatic N) is 3. The van der Waals surface area contributed by atoms with E-state index >= 15 is 0 Å². The summed E-state index contributed by atoms with van der Waals surface area (Å²) in [5, 5.41) is 3.03. The van der Waals surface area contributed by atoms with Crippen LogP contribution in [0.15, 0.2) is 71.9 Å². The number of rotatable bonds is 3. The van der Waals surface area contributed by atoms with E-state index in [1.807, 2.05) is 64.5 Å². The maximum atomic E-state index is 10.4. The van der Waals surface area contributed by atoms with Crippen molar-refractivity contribution in [3.05, 3.63) is 78.3 Å². The highest BCUT2D eigenvalue weighted by Gasteiger charge is 2.25. The Hall–Kier alpha value is -3.88. The molecule has 0 spiro atoms. The van der Waals surface area contributed by atoms with E-state index in [-0.39, 0.29) is 0 Å². The van der Waals surface area contributed by atoms with Gasteiger partial charge >= 0.3 is 6.18 Å². The Morgan fingerprint density at radius 3 is 2.32 bits per heavy atom. The number of allylic oxidation sites excluding steroid dienone is 1. The fourth-order valence-corrected chi connectivity index (χ4v) is 3.58. The van der Waals surface area contributed by atoms with Crippen LogP contribution in [-0.2, 0) is 4.79 Å². The molecule has 1 aromatic heterocycles. The summed E-state index contributed by atoms with van der Waals surface area (Å²) in [6.45, 7) is 13.9. The predicted octanol–water partition coefficient (Wildman–Crippen LogP) is 7.07. The maximum absolute atomic E-state index is 10.4. The number of alkyl halides is 3. The number of anilines is 1. The number of carbonyl (C=O) groups excluding carboxylic acids is 1. The van der Waals surface area contributed by atoms with Crippen molar-refractivity contribution >= 4 is 34.3 Å². The number of fused-ring (bicyclic) bond motifs is 1. The standard InChI is InChI=1S/C18H22N4.C7H9N.C2HF3O.C2H6/c1-5-22-9-8-14(17(11-22)19-4)13(3)18-20-15-7-6-12(2)10-16(15)21-18;1-8-7-5-3-2-4-6-7;3-2(4,5)1-6;1-2/h5-7,10H,1,8-9,11H2,2-4H3,(H,20,21);2-6,8H,1H3;1H;1-2H3/b14-13+,19-17?;;;. The largest absolute Gasteiger partial charge is 0.446 e. The van der Waals surface area contributed by atoms with E-state index in [4.69, 9.17) is 9.78 Å². The summed E-state index contributed by atoms with van der Waals surface area (Å²) in [6.07, 6.45) is -2.84. The molecular formula is C29H38F3N5O. The van der Waals surface area contributed by atoms with Crippen molar-refractivity contribution in [2.24, 2.45) is 4.99 Å². The van der Waals surface area contributed by atoms with Crippen molar-refractivity contribution in [2.75, 3.05) is 32.5 Å². The molecule has 0 radical (unpaired) electrons. The molecule has 38 heavy (non-hydrogen) atoms. The number of likely N-dealkylation sites (tertiary alicyclic amines) is 1. The molecule has 4 rings (SSSR count). The number of nitrogens with one attached hydrogen (secondary N) is 2. The van der Waals surface area contributed by atoms with Gasteiger partial charge in [-0.15, -0.1) is 0 Å². The molecule has 0 amide bonds. The Labute approximate surface area is 223 Å². The summed E-state index contributed by atoms with van der Waals surface area (Å²) >= 11 is 0. The van der Waals surface area contributed by atoms with Gasteiger partial charge in [-0.2, -0.15) is 13.2 Å². The predicted molar refractivity (Wildman–Crippen MR) is 153 cm³/mol. The van der Waals surface area contributed by atoms with Crippen LogP contribution in [0, 0.1) is 6.92 Å². The van der Waals surface area contributed by atoms with Crippen LogP contribution in [0.5, 0.6) is 0 Å². The Morgan fingerprint density at radius 1 is 1.18 bits per heavy atom. The smallest absolute Gasteiger partial charge is 0.388 e. The van der Waals surface area contributed by atoms with Gasteiger partial charge in [0, 0.05) is 26.3 Å². The van der Waals surface area contributed by atoms with E-state index in [1.165, 1.54) is 16.7 Å². The fourth-order valence-electron chi connectivity index (χ4n) is 3.58. The van der Waals surface area contributed by atoms with Crippen LogP contribution in [-0.4, -0.2) is 60.2 Å². The molecule has 1 fully saturated rings. The van der Waals surface area contributed by atoms with Gasteiger partial charge < -0.3 is 15.2 Å². The van der Waals surface area contributed by atoms with Crippen molar-refractivity contribution in [3.63, 3.8) is 0 Å². The summed E-state index contributed by atoms with van der Waals surface area (Å²) in [4.78, 5) is 23.5. The molecule has 0 unspecified atom stereocenters. The van der Waals surface area contributed by atoms with Crippen LogP contribution in [0.4, 0.5) is 18.9 Å². The van der Waals surface area contributed by atoms with Crippen LogP contribution >= 0.6 is 0 Å². The Balaban J connectivity index is 0.000000371. The lowest BCUT2D eigenvalue weighted by atomic mass is 9.96. The van der Waals surface area contributed by atoms with Crippen molar-refractivity contribution in [1.82, 2.24) is 14.9 Å².